The van der Waals surface area contributed by atoms with E-state index in [2.05, 4.69) is 17.2 Å². The summed E-state index contributed by atoms with van der Waals surface area (Å²) in [5.74, 6) is -0.185. The maximum absolute atomic E-state index is 13.1. The van der Waals surface area contributed by atoms with Gasteiger partial charge in [-0.3, -0.25) is 19.4 Å². The Kier molecular flexibility index (Phi) is 7.16. The average Bonchev–Trinajstić information content (AvgIpc) is 2.85. The third-order valence-corrected chi connectivity index (χ3v) is 6.88. The fourth-order valence-corrected chi connectivity index (χ4v) is 4.70. The molecule has 1 saturated carbocycles. The molecule has 174 valence electrons. The summed E-state index contributed by atoms with van der Waals surface area (Å²) in [7, 11) is 0. The lowest BCUT2D eigenvalue weighted by Crippen LogP contribution is -2.40. The van der Waals surface area contributed by atoms with Crippen LogP contribution in [0.5, 0.6) is 0 Å². The molecule has 2 amide bonds. The lowest BCUT2D eigenvalue weighted by molar-refractivity contribution is 0.0649. The second-order valence-corrected chi connectivity index (χ2v) is 9.30. The molecule has 0 spiro atoms. The van der Waals surface area contributed by atoms with Crippen LogP contribution in [-0.2, 0) is 0 Å². The molecule has 1 aliphatic carbocycles. The number of hydrogen-bond donors (Lipinski definition) is 1. The van der Waals surface area contributed by atoms with E-state index < -0.39 is 0 Å². The number of pyridine rings is 1. The van der Waals surface area contributed by atoms with Gasteiger partial charge in [0.05, 0.1) is 5.56 Å². The second kappa shape index (κ2) is 10.2. The smallest absolute Gasteiger partial charge is 0.270 e. The van der Waals surface area contributed by atoms with Crippen LogP contribution in [0.1, 0.15) is 76.7 Å². The summed E-state index contributed by atoms with van der Waals surface area (Å²) in [6.07, 6.45) is 6.81. The van der Waals surface area contributed by atoms with Gasteiger partial charge in [-0.1, -0.05) is 6.92 Å². The van der Waals surface area contributed by atoms with Crippen LogP contribution in [-0.4, -0.2) is 46.6 Å². The first-order valence-electron chi connectivity index (χ1n) is 11.8. The number of piperidine rings is 1. The van der Waals surface area contributed by atoms with Crippen molar-refractivity contribution in [2.45, 2.75) is 51.5 Å². The second-order valence-electron chi connectivity index (χ2n) is 9.30. The van der Waals surface area contributed by atoms with Crippen molar-refractivity contribution >= 4 is 17.6 Å². The Morgan fingerprint density at radius 1 is 0.909 bits per heavy atom. The first-order chi connectivity index (χ1) is 15.9. The van der Waals surface area contributed by atoms with Gasteiger partial charge in [0.2, 0.25) is 0 Å². The highest BCUT2D eigenvalue weighted by Gasteiger charge is 2.29. The van der Waals surface area contributed by atoms with Gasteiger partial charge >= 0.3 is 0 Å². The van der Waals surface area contributed by atoms with Crippen LogP contribution in [0.4, 0.5) is 4.39 Å². The third-order valence-electron chi connectivity index (χ3n) is 6.88. The number of rotatable bonds is 5. The minimum atomic E-state index is -0.368. The van der Waals surface area contributed by atoms with E-state index in [-0.39, 0.29) is 35.4 Å². The third kappa shape index (κ3) is 5.64. The molecule has 1 aliphatic heterocycles. The Balaban J connectivity index is 1.29. The minimum absolute atomic E-state index is 0.00782. The van der Waals surface area contributed by atoms with E-state index in [4.69, 9.17) is 0 Å². The number of carbonyl (C=O) groups excluding carboxylic acids is 3. The zero-order chi connectivity index (χ0) is 23.4. The SMILES string of the molecule is CC1CCC(NC(=O)c2ccc(C(=O)N3CCC(C(=O)c4ccc(F)cc4)CC3)cn2)CC1. The number of nitrogens with one attached hydrogen (secondary N) is 1. The van der Waals surface area contributed by atoms with Gasteiger partial charge in [-0.25, -0.2) is 4.39 Å². The summed E-state index contributed by atoms with van der Waals surface area (Å²) in [5.41, 5.74) is 1.25. The normalized spacial score (nSPS) is 21.5. The molecule has 6 nitrogen and oxygen atoms in total. The lowest BCUT2D eigenvalue weighted by atomic mass is 9.87. The zero-order valence-electron chi connectivity index (χ0n) is 18.9. The van der Waals surface area contributed by atoms with Crippen molar-refractivity contribution in [2.24, 2.45) is 11.8 Å². The van der Waals surface area contributed by atoms with Crippen LogP contribution in [0.15, 0.2) is 42.6 Å². The molecule has 7 heteroatoms. The molecule has 2 aliphatic rings. The van der Waals surface area contributed by atoms with Gasteiger partial charge in [0, 0.05) is 36.8 Å². The van der Waals surface area contributed by atoms with E-state index in [1.54, 1.807) is 17.0 Å². The van der Waals surface area contributed by atoms with Gasteiger partial charge in [-0.15, -0.1) is 0 Å². The molecule has 0 atom stereocenters. The highest BCUT2D eigenvalue weighted by Crippen LogP contribution is 2.24. The zero-order valence-corrected chi connectivity index (χ0v) is 18.9. The van der Waals surface area contributed by atoms with E-state index in [9.17, 15) is 18.8 Å². The minimum Gasteiger partial charge on any atom is -0.348 e. The van der Waals surface area contributed by atoms with E-state index >= 15 is 0 Å². The number of ketones is 1. The van der Waals surface area contributed by atoms with E-state index in [0.29, 0.717) is 48.7 Å². The van der Waals surface area contributed by atoms with Gasteiger partial charge in [0.1, 0.15) is 11.5 Å². The average molecular weight is 452 g/mol. The van der Waals surface area contributed by atoms with Gasteiger partial charge in [0.25, 0.3) is 11.8 Å². The summed E-state index contributed by atoms with van der Waals surface area (Å²) in [6, 6.07) is 9.02. The Bertz CT molecular complexity index is 990. The molecular weight excluding hydrogens is 421 g/mol. The largest absolute Gasteiger partial charge is 0.348 e. The molecule has 1 aromatic heterocycles. The summed E-state index contributed by atoms with van der Waals surface area (Å²) in [4.78, 5) is 43.9. The summed E-state index contributed by atoms with van der Waals surface area (Å²) < 4.78 is 13.1. The lowest BCUT2D eigenvalue weighted by Gasteiger charge is -2.31. The Morgan fingerprint density at radius 3 is 2.15 bits per heavy atom. The van der Waals surface area contributed by atoms with Crippen molar-refractivity contribution in [2.75, 3.05) is 13.1 Å². The topological polar surface area (TPSA) is 79.4 Å². The fourth-order valence-electron chi connectivity index (χ4n) is 4.70. The van der Waals surface area contributed by atoms with Crippen molar-refractivity contribution in [1.29, 1.82) is 0 Å². The maximum Gasteiger partial charge on any atom is 0.270 e. The number of likely N-dealkylation sites (tertiary alicyclic amines) is 1. The summed E-state index contributed by atoms with van der Waals surface area (Å²) >= 11 is 0. The van der Waals surface area contributed by atoms with Gasteiger partial charge in [-0.05, 0) is 80.8 Å². The number of halogens is 1. The Hall–Kier alpha value is -3.09. The van der Waals surface area contributed by atoms with Crippen molar-refractivity contribution in [1.82, 2.24) is 15.2 Å². The van der Waals surface area contributed by atoms with Crippen molar-refractivity contribution in [3.63, 3.8) is 0 Å². The summed E-state index contributed by atoms with van der Waals surface area (Å²) in [5, 5.41) is 3.05. The van der Waals surface area contributed by atoms with Crippen molar-refractivity contribution in [3.8, 4) is 0 Å². The molecule has 0 unspecified atom stereocenters. The van der Waals surface area contributed by atoms with Crippen LogP contribution in [0.2, 0.25) is 0 Å². The van der Waals surface area contributed by atoms with E-state index in [0.717, 1.165) is 25.7 Å². The van der Waals surface area contributed by atoms with Crippen molar-refractivity contribution < 1.29 is 18.8 Å². The first-order valence-corrected chi connectivity index (χ1v) is 11.8. The highest BCUT2D eigenvalue weighted by molar-refractivity contribution is 5.99. The van der Waals surface area contributed by atoms with Crippen LogP contribution in [0.25, 0.3) is 0 Å². The number of benzene rings is 1. The fraction of sp³-hybridized carbons (Fsp3) is 0.462. The molecule has 1 aromatic carbocycles. The number of hydrogen-bond acceptors (Lipinski definition) is 4. The molecule has 0 bridgehead atoms. The number of Topliss-reactive ketones (excluding diaryl/α,β-unsaturated/α-hetero) is 1. The van der Waals surface area contributed by atoms with E-state index in [1.165, 1.54) is 30.5 Å². The predicted octanol–water partition coefficient (Wildman–Crippen LogP) is 4.26. The monoisotopic (exact) mass is 451 g/mol. The predicted molar refractivity (Wildman–Crippen MR) is 122 cm³/mol. The highest BCUT2D eigenvalue weighted by atomic mass is 19.1. The van der Waals surface area contributed by atoms with Crippen LogP contribution in [0, 0.1) is 17.7 Å². The molecule has 2 fully saturated rings. The quantitative estimate of drug-likeness (QED) is 0.689. The Morgan fingerprint density at radius 2 is 1.55 bits per heavy atom. The molecule has 0 radical (unpaired) electrons. The molecule has 2 aromatic rings. The maximum atomic E-state index is 13.1. The molecule has 1 saturated heterocycles. The standard InChI is InChI=1S/C26H30FN3O3/c1-17-2-9-22(10-3-17)29-25(32)23-11-6-20(16-28-23)26(33)30-14-12-19(13-15-30)24(31)18-4-7-21(27)8-5-18/h4-8,11,16-17,19,22H,2-3,9-10,12-15H2,1H3,(H,29,32). The van der Waals surface area contributed by atoms with Crippen molar-refractivity contribution in [3.05, 3.63) is 65.2 Å². The number of carbonyl (C=O) groups is 3. The molecule has 33 heavy (non-hydrogen) atoms. The molecular formula is C26H30FN3O3. The van der Waals surface area contributed by atoms with Crippen LogP contribution < -0.4 is 5.32 Å². The van der Waals surface area contributed by atoms with Gasteiger partial charge in [-0.2, -0.15) is 0 Å². The number of amides is 2. The van der Waals surface area contributed by atoms with Crippen LogP contribution >= 0.6 is 0 Å². The Labute approximate surface area is 193 Å². The van der Waals surface area contributed by atoms with Gasteiger partial charge < -0.3 is 10.2 Å². The number of nitrogens with zero attached hydrogens (tertiary/aromatic N) is 2. The molecule has 1 N–H and O–H groups in total. The number of aromatic nitrogens is 1. The van der Waals surface area contributed by atoms with Crippen LogP contribution in [0.3, 0.4) is 0 Å². The summed E-state index contributed by atoms with van der Waals surface area (Å²) in [6.45, 7) is 3.18. The molecule has 4 rings (SSSR count). The first kappa shape index (κ1) is 23.1. The van der Waals surface area contributed by atoms with Gasteiger partial charge in [0.15, 0.2) is 5.78 Å². The molecule has 2 heterocycles. The van der Waals surface area contributed by atoms with E-state index in [1.807, 2.05) is 0 Å².